The second kappa shape index (κ2) is 4.21. The van der Waals surface area contributed by atoms with Crippen LogP contribution >= 0.6 is 15.9 Å². The summed E-state index contributed by atoms with van der Waals surface area (Å²) in [5, 5.41) is 0. The fraction of sp³-hybridized carbons (Fsp3) is 0.333. The van der Waals surface area contributed by atoms with Gasteiger partial charge in [0.2, 0.25) is 0 Å². The van der Waals surface area contributed by atoms with Gasteiger partial charge < -0.3 is 0 Å². The molecule has 1 heteroatoms. The number of halogens is 1. The van der Waals surface area contributed by atoms with Gasteiger partial charge in [0.15, 0.2) is 0 Å². The Balaban J connectivity index is 2.06. The van der Waals surface area contributed by atoms with E-state index < -0.39 is 0 Å². The molecule has 1 spiro atoms. The van der Waals surface area contributed by atoms with Crippen molar-refractivity contribution in [1.29, 1.82) is 0 Å². The first kappa shape index (κ1) is 11.7. The molecule has 0 aromatic heterocycles. The van der Waals surface area contributed by atoms with Crippen LogP contribution in [0.25, 0.3) is 11.1 Å². The molecule has 0 radical (unpaired) electrons. The van der Waals surface area contributed by atoms with Crippen LogP contribution < -0.4 is 0 Å². The minimum atomic E-state index is 0.282. The van der Waals surface area contributed by atoms with Crippen molar-refractivity contribution in [2.24, 2.45) is 0 Å². The van der Waals surface area contributed by atoms with E-state index in [4.69, 9.17) is 0 Å². The molecule has 2 aromatic rings. The molecule has 0 heterocycles. The predicted octanol–water partition coefficient (Wildman–Crippen LogP) is 5.68. The Morgan fingerprint density at radius 2 is 1.53 bits per heavy atom. The van der Waals surface area contributed by atoms with Gasteiger partial charge in [-0.1, -0.05) is 71.6 Å². The highest BCUT2D eigenvalue weighted by Gasteiger charge is 2.44. The Labute approximate surface area is 123 Å². The van der Waals surface area contributed by atoms with Crippen molar-refractivity contribution in [3.63, 3.8) is 0 Å². The van der Waals surface area contributed by atoms with Crippen LogP contribution in [0.2, 0.25) is 0 Å². The molecule has 0 aliphatic heterocycles. The molecule has 1 saturated carbocycles. The Bertz CT molecular complexity index is 636. The van der Waals surface area contributed by atoms with Gasteiger partial charge in [-0.05, 0) is 41.2 Å². The molecule has 2 aliphatic carbocycles. The lowest BCUT2D eigenvalue weighted by molar-refractivity contribution is 0.352. The highest BCUT2D eigenvalue weighted by Crippen LogP contribution is 2.57. The molecule has 0 saturated heterocycles. The topological polar surface area (TPSA) is 0 Å². The van der Waals surface area contributed by atoms with Crippen molar-refractivity contribution in [3.05, 3.63) is 58.1 Å². The van der Waals surface area contributed by atoms with Crippen molar-refractivity contribution in [3.8, 4) is 11.1 Å². The van der Waals surface area contributed by atoms with Crippen molar-refractivity contribution < 1.29 is 0 Å². The largest absolute Gasteiger partial charge is 0.0619 e. The SMILES string of the molecule is Brc1cccc2c1C1(CCCCC1)c1ccccc1-2. The minimum Gasteiger partial charge on any atom is -0.0619 e. The maximum absolute atomic E-state index is 3.82. The fourth-order valence-corrected chi connectivity index (χ4v) is 4.93. The zero-order valence-corrected chi connectivity index (χ0v) is 12.5. The Kier molecular flexibility index (Phi) is 2.60. The molecule has 0 nitrogen and oxygen atoms in total. The number of hydrogen-bond acceptors (Lipinski definition) is 0. The Morgan fingerprint density at radius 3 is 2.37 bits per heavy atom. The number of rotatable bonds is 0. The van der Waals surface area contributed by atoms with Gasteiger partial charge in [-0.3, -0.25) is 0 Å². The molecule has 19 heavy (non-hydrogen) atoms. The monoisotopic (exact) mass is 312 g/mol. The first-order valence-electron chi connectivity index (χ1n) is 7.22. The molecule has 2 aromatic carbocycles. The zero-order chi connectivity index (χ0) is 12.9. The van der Waals surface area contributed by atoms with Crippen molar-refractivity contribution >= 4 is 15.9 Å². The normalized spacial score (nSPS) is 19.2. The van der Waals surface area contributed by atoms with Crippen LogP contribution in [-0.4, -0.2) is 0 Å². The van der Waals surface area contributed by atoms with Gasteiger partial charge in [0.25, 0.3) is 0 Å². The molecule has 0 bridgehead atoms. The fourth-order valence-electron chi connectivity index (χ4n) is 4.18. The van der Waals surface area contributed by atoms with Crippen LogP contribution in [0.1, 0.15) is 43.2 Å². The predicted molar refractivity (Wildman–Crippen MR) is 83.4 cm³/mol. The van der Waals surface area contributed by atoms with Gasteiger partial charge in [0, 0.05) is 9.89 Å². The van der Waals surface area contributed by atoms with Gasteiger partial charge >= 0.3 is 0 Å². The summed E-state index contributed by atoms with van der Waals surface area (Å²) < 4.78 is 1.29. The third-order valence-electron chi connectivity index (χ3n) is 4.93. The van der Waals surface area contributed by atoms with E-state index in [0.29, 0.717) is 0 Å². The average Bonchev–Trinajstić information content (AvgIpc) is 2.73. The van der Waals surface area contributed by atoms with Crippen molar-refractivity contribution in [2.45, 2.75) is 37.5 Å². The standard InChI is InChI=1S/C18H17Br/c19-16-10-6-8-14-13-7-2-3-9-15(13)18(17(14)16)11-4-1-5-12-18/h2-3,6-10H,1,4-5,11-12H2. The van der Waals surface area contributed by atoms with Gasteiger partial charge in [0.05, 0.1) is 0 Å². The molecule has 0 amide bonds. The summed E-state index contributed by atoms with van der Waals surface area (Å²) in [5.41, 5.74) is 6.31. The molecular weight excluding hydrogens is 296 g/mol. The zero-order valence-electron chi connectivity index (χ0n) is 11.0. The molecule has 4 rings (SSSR count). The van der Waals surface area contributed by atoms with E-state index in [1.807, 2.05) is 0 Å². The third kappa shape index (κ3) is 1.51. The molecule has 0 atom stereocenters. The third-order valence-corrected chi connectivity index (χ3v) is 5.59. The van der Waals surface area contributed by atoms with Crippen LogP contribution in [-0.2, 0) is 5.41 Å². The van der Waals surface area contributed by atoms with E-state index in [1.165, 1.54) is 47.7 Å². The molecule has 96 valence electrons. The minimum absolute atomic E-state index is 0.282. The molecule has 0 unspecified atom stereocenters. The van der Waals surface area contributed by atoms with Gasteiger partial charge in [-0.15, -0.1) is 0 Å². The van der Waals surface area contributed by atoms with Crippen molar-refractivity contribution in [1.82, 2.24) is 0 Å². The first-order chi connectivity index (χ1) is 9.33. The Morgan fingerprint density at radius 1 is 0.789 bits per heavy atom. The second-order valence-electron chi connectivity index (χ2n) is 5.85. The lowest BCUT2D eigenvalue weighted by atomic mass is 9.68. The number of fused-ring (bicyclic) bond motifs is 5. The maximum atomic E-state index is 3.82. The van der Waals surface area contributed by atoms with E-state index in [1.54, 1.807) is 11.1 Å². The van der Waals surface area contributed by atoms with Gasteiger partial charge in [0.1, 0.15) is 0 Å². The van der Waals surface area contributed by atoms with Crippen LogP contribution in [0.4, 0.5) is 0 Å². The number of hydrogen-bond donors (Lipinski definition) is 0. The van der Waals surface area contributed by atoms with Crippen LogP contribution in [0, 0.1) is 0 Å². The summed E-state index contributed by atoms with van der Waals surface area (Å²) >= 11 is 3.82. The van der Waals surface area contributed by atoms with E-state index in [-0.39, 0.29) is 5.41 Å². The van der Waals surface area contributed by atoms with Gasteiger partial charge in [-0.25, -0.2) is 0 Å². The van der Waals surface area contributed by atoms with Crippen LogP contribution in [0.5, 0.6) is 0 Å². The lowest BCUT2D eigenvalue weighted by Gasteiger charge is -2.36. The summed E-state index contributed by atoms with van der Waals surface area (Å²) in [6.45, 7) is 0. The van der Waals surface area contributed by atoms with E-state index >= 15 is 0 Å². The molecule has 1 fully saturated rings. The highest BCUT2D eigenvalue weighted by molar-refractivity contribution is 9.10. The summed E-state index contributed by atoms with van der Waals surface area (Å²) in [6, 6.07) is 15.7. The summed E-state index contributed by atoms with van der Waals surface area (Å²) in [4.78, 5) is 0. The van der Waals surface area contributed by atoms with E-state index in [0.717, 1.165) is 0 Å². The molecule has 0 N–H and O–H groups in total. The summed E-state index contributed by atoms with van der Waals surface area (Å²) in [5.74, 6) is 0. The lowest BCUT2D eigenvalue weighted by Crippen LogP contribution is -2.28. The number of benzene rings is 2. The first-order valence-corrected chi connectivity index (χ1v) is 8.01. The molecular formula is C18H17Br. The second-order valence-corrected chi connectivity index (χ2v) is 6.71. The quantitative estimate of drug-likeness (QED) is 0.587. The van der Waals surface area contributed by atoms with Crippen LogP contribution in [0.3, 0.4) is 0 Å². The molecule has 2 aliphatic rings. The van der Waals surface area contributed by atoms with E-state index in [9.17, 15) is 0 Å². The highest BCUT2D eigenvalue weighted by atomic mass is 79.9. The smallest absolute Gasteiger partial charge is 0.0226 e. The van der Waals surface area contributed by atoms with E-state index in [2.05, 4.69) is 58.4 Å². The summed E-state index contributed by atoms with van der Waals surface area (Å²) in [6.07, 6.45) is 6.72. The maximum Gasteiger partial charge on any atom is 0.0226 e. The average molecular weight is 313 g/mol. The van der Waals surface area contributed by atoms with Crippen molar-refractivity contribution in [2.75, 3.05) is 0 Å². The van der Waals surface area contributed by atoms with Crippen LogP contribution in [0.15, 0.2) is 46.9 Å². The Hall–Kier alpha value is -1.08. The van der Waals surface area contributed by atoms with Gasteiger partial charge in [-0.2, -0.15) is 0 Å². The summed E-state index contributed by atoms with van der Waals surface area (Å²) in [7, 11) is 0.